The number of phenolic OH excluding ortho intramolecular Hbond substituents is 1. The van der Waals surface area contributed by atoms with Crippen molar-refractivity contribution < 1.29 is 14.6 Å². The highest BCUT2D eigenvalue weighted by Gasteiger charge is 2.33. The number of rotatable bonds is 3. The van der Waals surface area contributed by atoms with Crippen LogP contribution in [0.1, 0.15) is 28.5 Å². The van der Waals surface area contributed by atoms with Crippen LogP contribution in [0.3, 0.4) is 0 Å². The molecule has 3 N–H and O–H groups in total. The van der Waals surface area contributed by atoms with Gasteiger partial charge in [-0.3, -0.25) is 0 Å². The number of benzene rings is 3. The van der Waals surface area contributed by atoms with E-state index in [0.29, 0.717) is 6.61 Å². The minimum atomic E-state index is 0.119. The van der Waals surface area contributed by atoms with Crippen LogP contribution >= 0.6 is 0 Å². The Labute approximate surface area is 152 Å². The predicted octanol–water partition coefficient (Wildman–Crippen LogP) is 4.29. The Balaban J connectivity index is 1.81. The van der Waals surface area contributed by atoms with Gasteiger partial charge in [-0.1, -0.05) is 30.3 Å². The molecule has 0 saturated carbocycles. The van der Waals surface area contributed by atoms with E-state index < -0.39 is 0 Å². The zero-order chi connectivity index (χ0) is 18.1. The fourth-order valence-electron chi connectivity index (χ4n) is 3.65. The SMILES string of the molecule is COc1ccc(C2COc3cc(O)ccc3C2c2ccc(N)cc2)cc1. The standard InChI is InChI=1S/C22H21NO3/c1-25-18-9-4-14(5-10-18)20-13-26-21-12-17(24)8-11-19(21)22(20)15-2-6-16(23)7-3-15/h2-12,20,22,24H,13,23H2,1H3. The molecule has 0 spiro atoms. The van der Waals surface area contributed by atoms with Crippen molar-refractivity contribution in [2.75, 3.05) is 19.5 Å². The van der Waals surface area contributed by atoms with Crippen molar-refractivity contribution >= 4 is 5.69 Å². The van der Waals surface area contributed by atoms with Gasteiger partial charge < -0.3 is 20.3 Å². The van der Waals surface area contributed by atoms with E-state index in [4.69, 9.17) is 15.2 Å². The molecule has 132 valence electrons. The first-order valence-corrected chi connectivity index (χ1v) is 8.61. The molecule has 1 heterocycles. The largest absolute Gasteiger partial charge is 0.508 e. The van der Waals surface area contributed by atoms with Gasteiger partial charge in [0.25, 0.3) is 0 Å². The average molecular weight is 347 g/mol. The van der Waals surface area contributed by atoms with Crippen molar-refractivity contribution in [1.82, 2.24) is 0 Å². The number of hydrogen-bond donors (Lipinski definition) is 2. The molecule has 2 atom stereocenters. The Morgan fingerprint density at radius 3 is 2.35 bits per heavy atom. The van der Waals surface area contributed by atoms with Gasteiger partial charge in [-0.15, -0.1) is 0 Å². The average Bonchev–Trinajstić information content (AvgIpc) is 2.68. The lowest BCUT2D eigenvalue weighted by atomic mass is 9.76. The maximum atomic E-state index is 9.81. The molecule has 0 radical (unpaired) electrons. The molecule has 0 aromatic heterocycles. The van der Waals surface area contributed by atoms with Crippen molar-refractivity contribution in [2.24, 2.45) is 0 Å². The van der Waals surface area contributed by atoms with Crippen LogP contribution in [-0.2, 0) is 0 Å². The van der Waals surface area contributed by atoms with Gasteiger partial charge in [-0.05, 0) is 41.5 Å². The Morgan fingerprint density at radius 1 is 0.962 bits per heavy atom. The zero-order valence-corrected chi connectivity index (χ0v) is 14.6. The second-order valence-corrected chi connectivity index (χ2v) is 6.56. The number of phenols is 1. The van der Waals surface area contributed by atoms with Gasteiger partial charge in [0.2, 0.25) is 0 Å². The zero-order valence-electron chi connectivity index (χ0n) is 14.6. The van der Waals surface area contributed by atoms with E-state index in [0.717, 1.165) is 22.7 Å². The lowest BCUT2D eigenvalue weighted by molar-refractivity contribution is 0.247. The number of nitrogens with two attached hydrogens (primary N) is 1. The lowest BCUT2D eigenvalue weighted by Crippen LogP contribution is -2.25. The molecule has 0 bridgehead atoms. The van der Waals surface area contributed by atoms with Gasteiger partial charge in [-0.25, -0.2) is 0 Å². The Kier molecular flexibility index (Phi) is 4.17. The topological polar surface area (TPSA) is 64.7 Å². The Bertz CT molecular complexity index is 904. The highest BCUT2D eigenvalue weighted by Crippen LogP contribution is 2.47. The van der Waals surface area contributed by atoms with Crippen LogP contribution < -0.4 is 15.2 Å². The van der Waals surface area contributed by atoms with E-state index in [1.807, 2.05) is 30.3 Å². The summed E-state index contributed by atoms with van der Waals surface area (Å²) in [6, 6.07) is 21.4. The maximum Gasteiger partial charge on any atom is 0.126 e. The van der Waals surface area contributed by atoms with Gasteiger partial charge in [0, 0.05) is 29.2 Å². The third-order valence-electron chi connectivity index (χ3n) is 4.99. The monoisotopic (exact) mass is 347 g/mol. The van der Waals surface area contributed by atoms with Crippen LogP contribution in [0.2, 0.25) is 0 Å². The number of fused-ring (bicyclic) bond motifs is 1. The molecule has 0 fully saturated rings. The summed E-state index contributed by atoms with van der Waals surface area (Å²) < 4.78 is 11.3. The molecule has 0 saturated heterocycles. The van der Waals surface area contributed by atoms with Crippen LogP contribution in [0, 0.1) is 0 Å². The van der Waals surface area contributed by atoms with Crippen molar-refractivity contribution in [3.05, 3.63) is 83.4 Å². The first-order valence-electron chi connectivity index (χ1n) is 8.61. The fraction of sp³-hybridized carbons (Fsp3) is 0.182. The van der Waals surface area contributed by atoms with Crippen molar-refractivity contribution in [3.8, 4) is 17.2 Å². The molecular formula is C22H21NO3. The highest BCUT2D eigenvalue weighted by atomic mass is 16.5. The van der Waals surface area contributed by atoms with Gasteiger partial charge in [0.1, 0.15) is 17.2 Å². The van der Waals surface area contributed by atoms with Crippen LogP contribution in [0.5, 0.6) is 17.2 Å². The van der Waals surface area contributed by atoms with Crippen molar-refractivity contribution in [1.29, 1.82) is 0 Å². The molecule has 1 aliphatic heterocycles. The number of ether oxygens (including phenoxy) is 2. The normalized spacial score (nSPS) is 18.7. The van der Waals surface area contributed by atoms with Crippen LogP contribution in [-0.4, -0.2) is 18.8 Å². The summed E-state index contributed by atoms with van der Waals surface area (Å²) in [5.74, 6) is 2.05. The Hall–Kier alpha value is -3.14. The molecule has 4 nitrogen and oxygen atoms in total. The van der Waals surface area contributed by atoms with E-state index in [9.17, 15) is 5.11 Å². The van der Waals surface area contributed by atoms with E-state index >= 15 is 0 Å². The predicted molar refractivity (Wildman–Crippen MR) is 102 cm³/mol. The molecule has 3 aromatic carbocycles. The molecule has 2 unspecified atom stereocenters. The summed E-state index contributed by atoms with van der Waals surface area (Å²) in [7, 11) is 1.67. The molecule has 4 rings (SSSR count). The second kappa shape index (κ2) is 6.64. The van der Waals surface area contributed by atoms with E-state index in [-0.39, 0.29) is 17.6 Å². The van der Waals surface area contributed by atoms with Crippen LogP contribution in [0.4, 0.5) is 5.69 Å². The van der Waals surface area contributed by atoms with E-state index in [1.54, 1.807) is 19.2 Å². The maximum absolute atomic E-state index is 9.81. The minimum Gasteiger partial charge on any atom is -0.508 e. The summed E-state index contributed by atoms with van der Waals surface area (Å²) in [6.45, 7) is 0.540. The van der Waals surface area contributed by atoms with Crippen molar-refractivity contribution in [2.45, 2.75) is 11.8 Å². The van der Waals surface area contributed by atoms with Crippen molar-refractivity contribution in [3.63, 3.8) is 0 Å². The quantitative estimate of drug-likeness (QED) is 0.694. The summed E-state index contributed by atoms with van der Waals surface area (Å²) in [6.07, 6.45) is 0. The molecule has 3 aromatic rings. The molecule has 1 aliphatic rings. The van der Waals surface area contributed by atoms with Gasteiger partial charge in [0.05, 0.1) is 13.7 Å². The minimum absolute atomic E-state index is 0.119. The number of aromatic hydroxyl groups is 1. The highest BCUT2D eigenvalue weighted by molar-refractivity contribution is 5.52. The smallest absolute Gasteiger partial charge is 0.126 e. The molecule has 0 amide bonds. The third-order valence-corrected chi connectivity index (χ3v) is 4.99. The number of nitrogen functional groups attached to an aromatic ring is 1. The molecule has 4 heteroatoms. The third kappa shape index (κ3) is 2.94. The molecule has 26 heavy (non-hydrogen) atoms. The van der Waals surface area contributed by atoms with Crippen LogP contribution in [0.25, 0.3) is 0 Å². The van der Waals surface area contributed by atoms with E-state index in [2.05, 4.69) is 24.3 Å². The molecule has 0 aliphatic carbocycles. The molecular weight excluding hydrogens is 326 g/mol. The number of anilines is 1. The number of methoxy groups -OCH3 is 1. The van der Waals surface area contributed by atoms with Crippen LogP contribution in [0.15, 0.2) is 66.7 Å². The first kappa shape index (κ1) is 16.3. The second-order valence-electron chi connectivity index (χ2n) is 6.56. The Morgan fingerprint density at radius 2 is 1.65 bits per heavy atom. The van der Waals surface area contributed by atoms with Gasteiger partial charge in [-0.2, -0.15) is 0 Å². The van der Waals surface area contributed by atoms with E-state index in [1.165, 1.54) is 11.1 Å². The van der Waals surface area contributed by atoms with Gasteiger partial charge in [0.15, 0.2) is 0 Å². The summed E-state index contributed by atoms with van der Waals surface area (Å²) in [5, 5.41) is 9.81. The lowest BCUT2D eigenvalue weighted by Gasteiger charge is -2.34. The van der Waals surface area contributed by atoms with Gasteiger partial charge >= 0.3 is 0 Å². The summed E-state index contributed by atoms with van der Waals surface area (Å²) in [4.78, 5) is 0. The first-order chi connectivity index (χ1) is 12.7. The fourth-order valence-corrected chi connectivity index (χ4v) is 3.65. The number of hydrogen-bond acceptors (Lipinski definition) is 4. The summed E-state index contributed by atoms with van der Waals surface area (Å²) >= 11 is 0. The summed E-state index contributed by atoms with van der Waals surface area (Å²) in [5.41, 5.74) is 10.1.